The van der Waals surface area contributed by atoms with Gasteiger partial charge in [0.25, 0.3) is 0 Å². The molecule has 1 saturated heterocycles. The van der Waals surface area contributed by atoms with Gasteiger partial charge < -0.3 is 5.11 Å². The summed E-state index contributed by atoms with van der Waals surface area (Å²) in [6, 6.07) is 12.6. The Balaban J connectivity index is 1.65. The fourth-order valence-electron chi connectivity index (χ4n) is 3.07. The second-order valence-electron chi connectivity index (χ2n) is 6.63. The van der Waals surface area contributed by atoms with Crippen LogP contribution in [0.15, 0.2) is 47.4 Å². The molecule has 3 rings (SSSR count). The van der Waals surface area contributed by atoms with Crippen LogP contribution in [0.2, 0.25) is 0 Å². The molecule has 2 aromatic carbocycles. The molecule has 1 aliphatic heterocycles. The number of phenols is 1. The molecule has 0 aliphatic carbocycles. The Kier molecular flexibility index (Phi) is 5.13. The van der Waals surface area contributed by atoms with Gasteiger partial charge in [-0.2, -0.15) is 4.31 Å². The minimum Gasteiger partial charge on any atom is -0.508 e. The lowest BCUT2D eigenvalue weighted by atomic mass is 10.1. The van der Waals surface area contributed by atoms with Crippen molar-refractivity contribution in [2.24, 2.45) is 0 Å². The van der Waals surface area contributed by atoms with Gasteiger partial charge in [0.1, 0.15) is 5.75 Å². The van der Waals surface area contributed by atoms with Crippen LogP contribution in [0.25, 0.3) is 0 Å². The maximum Gasteiger partial charge on any atom is 0.243 e. The first kappa shape index (κ1) is 17.9. The van der Waals surface area contributed by atoms with Gasteiger partial charge in [-0.05, 0) is 32.0 Å². The number of hydrogen-bond donors (Lipinski definition) is 1. The summed E-state index contributed by atoms with van der Waals surface area (Å²) in [6.07, 6.45) is 0. The topological polar surface area (TPSA) is 60.9 Å². The van der Waals surface area contributed by atoms with E-state index in [9.17, 15) is 13.5 Å². The van der Waals surface area contributed by atoms with E-state index in [1.54, 1.807) is 22.5 Å². The van der Waals surface area contributed by atoms with E-state index in [1.807, 2.05) is 38.1 Å². The van der Waals surface area contributed by atoms with Crippen LogP contribution in [0.1, 0.15) is 16.7 Å². The van der Waals surface area contributed by atoms with Crippen molar-refractivity contribution in [3.05, 3.63) is 59.2 Å². The molecule has 0 amide bonds. The molecule has 2 aromatic rings. The van der Waals surface area contributed by atoms with E-state index in [-0.39, 0.29) is 0 Å². The predicted octanol–water partition coefficient (Wildman–Crippen LogP) is 2.52. The van der Waals surface area contributed by atoms with Crippen LogP contribution in [0, 0.1) is 13.8 Å². The van der Waals surface area contributed by atoms with E-state index in [1.165, 1.54) is 0 Å². The van der Waals surface area contributed by atoms with Gasteiger partial charge in [0.2, 0.25) is 10.0 Å². The highest BCUT2D eigenvalue weighted by Gasteiger charge is 2.28. The monoisotopic (exact) mass is 360 g/mol. The first-order chi connectivity index (χ1) is 11.9. The molecule has 5 nitrogen and oxygen atoms in total. The van der Waals surface area contributed by atoms with Gasteiger partial charge in [0.15, 0.2) is 0 Å². The van der Waals surface area contributed by atoms with Crippen LogP contribution >= 0.6 is 0 Å². The molecular weight excluding hydrogens is 336 g/mol. The number of piperazine rings is 1. The Morgan fingerprint density at radius 3 is 2.16 bits per heavy atom. The fraction of sp³-hybridized carbons (Fsp3) is 0.368. The first-order valence-electron chi connectivity index (χ1n) is 8.44. The summed E-state index contributed by atoms with van der Waals surface area (Å²) in [4.78, 5) is 2.53. The van der Waals surface area contributed by atoms with Crippen molar-refractivity contribution >= 4 is 10.0 Å². The second kappa shape index (κ2) is 7.15. The van der Waals surface area contributed by atoms with Gasteiger partial charge in [-0.3, -0.25) is 4.90 Å². The molecule has 0 spiro atoms. The summed E-state index contributed by atoms with van der Waals surface area (Å²) < 4.78 is 27.0. The lowest BCUT2D eigenvalue weighted by molar-refractivity contribution is 0.180. The Morgan fingerprint density at radius 2 is 1.52 bits per heavy atom. The molecule has 134 valence electrons. The molecule has 25 heavy (non-hydrogen) atoms. The smallest absolute Gasteiger partial charge is 0.243 e. The summed E-state index contributed by atoms with van der Waals surface area (Å²) in [5.74, 6) is 0.292. The van der Waals surface area contributed by atoms with Gasteiger partial charge in [-0.15, -0.1) is 0 Å². The summed E-state index contributed by atoms with van der Waals surface area (Å²) in [7, 11) is -3.43. The van der Waals surface area contributed by atoms with E-state index in [2.05, 4.69) is 4.90 Å². The minimum atomic E-state index is -3.43. The van der Waals surface area contributed by atoms with Crippen molar-refractivity contribution in [3.8, 4) is 5.75 Å². The fourth-order valence-corrected chi connectivity index (χ4v) is 4.49. The molecule has 0 saturated carbocycles. The Morgan fingerprint density at radius 1 is 0.920 bits per heavy atom. The third-order valence-corrected chi connectivity index (χ3v) is 6.53. The van der Waals surface area contributed by atoms with Crippen molar-refractivity contribution < 1.29 is 13.5 Å². The average Bonchev–Trinajstić information content (AvgIpc) is 2.59. The summed E-state index contributed by atoms with van der Waals surface area (Å²) in [6.45, 7) is 6.79. The van der Waals surface area contributed by atoms with Crippen molar-refractivity contribution in [2.45, 2.75) is 25.3 Å². The van der Waals surface area contributed by atoms with Gasteiger partial charge in [-0.25, -0.2) is 8.42 Å². The zero-order chi connectivity index (χ0) is 18.0. The van der Waals surface area contributed by atoms with Crippen LogP contribution in [-0.4, -0.2) is 48.9 Å². The molecule has 0 unspecified atom stereocenters. The van der Waals surface area contributed by atoms with E-state index in [0.717, 1.165) is 16.7 Å². The Hall–Kier alpha value is -1.89. The lowest BCUT2D eigenvalue weighted by Gasteiger charge is -2.34. The van der Waals surface area contributed by atoms with Crippen molar-refractivity contribution in [3.63, 3.8) is 0 Å². The van der Waals surface area contributed by atoms with Crippen LogP contribution in [0.5, 0.6) is 5.75 Å². The molecule has 0 radical (unpaired) electrons. The molecule has 1 aliphatic rings. The van der Waals surface area contributed by atoms with Gasteiger partial charge in [-0.1, -0.05) is 35.4 Å². The van der Waals surface area contributed by atoms with Crippen LogP contribution < -0.4 is 0 Å². The van der Waals surface area contributed by atoms with E-state index in [0.29, 0.717) is 43.4 Å². The minimum absolute atomic E-state index is 0.292. The average molecular weight is 360 g/mol. The molecule has 6 heteroatoms. The van der Waals surface area contributed by atoms with E-state index < -0.39 is 10.0 Å². The highest BCUT2D eigenvalue weighted by Crippen LogP contribution is 2.22. The van der Waals surface area contributed by atoms with Gasteiger partial charge >= 0.3 is 0 Å². The van der Waals surface area contributed by atoms with Gasteiger partial charge in [0.05, 0.1) is 4.90 Å². The van der Waals surface area contributed by atoms with Crippen molar-refractivity contribution in [1.82, 2.24) is 9.21 Å². The van der Waals surface area contributed by atoms with E-state index >= 15 is 0 Å². The van der Waals surface area contributed by atoms with Crippen molar-refractivity contribution in [2.75, 3.05) is 26.2 Å². The third-order valence-electron chi connectivity index (χ3n) is 4.62. The van der Waals surface area contributed by atoms with Crippen LogP contribution in [0.3, 0.4) is 0 Å². The van der Waals surface area contributed by atoms with Gasteiger partial charge in [0, 0.05) is 38.3 Å². The highest BCUT2D eigenvalue weighted by atomic mass is 32.2. The maximum atomic E-state index is 12.7. The quantitative estimate of drug-likeness (QED) is 0.910. The lowest BCUT2D eigenvalue weighted by Crippen LogP contribution is -2.48. The highest BCUT2D eigenvalue weighted by molar-refractivity contribution is 7.89. The van der Waals surface area contributed by atoms with Crippen LogP contribution in [0.4, 0.5) is 0 Å². The number of sulfonamides is 1. The van der Waals surface area contributed by atoms with Crippen LogP contribution in [-0.2, 0) is 16.6 Å². The Labute approximate surface area is 149 Å². The zero-order valence-corrected chi connectivity index (χ0v) is 15.5. The standard InChI is InChI=1S/C19H24N2O3S/c1-15-3-6-18(7-4-15)25(23,24)21-11-9-20(10-12-21)14-17-13-16(2)5-8-19(17)22/h3-8,13,22H,9-12,14H2,1-2H3. The molecule has 0 bridgehead atoms. The number of rotatable bonds is 4. The molecule has 1 heterocycles. The number of phenolic OH excluding ortho intramolecular Hbond substituents is 1. The molecule has 1 fully saturated rings. The second-order valence-corrected chi connectivity index (χ2v) is 8.56. The third kappa shape index (κ3) is 4.03. The normalized spacial score (nSPS) is 16.9. The Bertz CT molecular complexity index is 839. The molecule has 1 N–H and O–H groups in total. The number of nitrogens with zero attached hydrogens (tertiary/aromatic N) is 2. The summed E-state index contributed by atoms with van der Waals surface area (Å²) >= 11 is 0. The number of hydrogen-bond acceptors (Lipinski definition) is 4. The number of benzene rings is 2. The molecule has 0 atom stereocenters. The maximum absolute atomic E-state index is 12.7. The van der Waals surface area contributed by atoms with E-state index in [4.69, 9.17) is 0 Å². The van der Waals surface area contributed by atoms with Crippen molar-refractivity contribution in [1.29, 1.82) is 0 Å². The zero-order valence-electron chi connectivity index (χ0n) is 14.6. The SMILES string of the molecule is Cc1ccc(S(=O)(=O)N2CCN(Cc3cc(C)ccc3O)CC2)cc1. The first-order valence-corrected chi connectivity index (χ1v) is 9.88. The summed E-state index contributed by atoms with van der Waals surface area (Å²) in [5.41, 5.74) is 3.03. The largest absolute Gasteiger partial charge is 0.508 e. The number of aryl methyl sites for hydroxylation is 2. The summed E-state index contributed by atoms with van der Waals surface area (Å²) in [5, 5.41) is 9.98. The molecule has 0 aromatic heterocycles. The molecular formula is C19H24N2O3S. The number of aromatic hydroxyl groups is 1. The predicted molar refractivity (Wildman–Crippen MR) is 98.1 cm³/mol.